The highest BCUT2D eigenvalue weighted by Gasteiger charge is 2.22. The molecule has 0 saturated heterocycles. The summed E-state index contributed by atoms with van der Waals surface area (Å²) in [6.45, 7) is 1.00. The van der Waals surface area contributed by atoms with Gasteiger partial charge in [-0.05, 0) is 56.7 Å². The molecule has 0 radical (unpaired) electrons. The fourth-order valence-electron chi connectivity index (χ4n) is 2.50. The number of likely N-dealkylation sites (N-methyl/N-ethyl adjacent to an activating group) is 1. The molecule has 0 aliphatic heterocycles. The summed E-state index contributed by atoms with van der Waals surface area (Å²) < 4.78 is 27.8. The van der Waals surface area contributed by atoms with Crippen LogP contribution in [0.1, 0.15) is 10.4 Å². The van der Waals surface area contributed by atoms with Crippen molar-refractivity contribution in [3.8, 4) is 0 Å². The van der Waals surface area contributed by atoms with Gasteiger partial charge in [0.1, 0.15) is 0 Å². The summed E-state index contributed by atoms with van der Waals surface area (Å²) in [5.74, 6) is -2.42. The number of anilines is 1. The Morgan fingerprint density at radius 1 is 1.11 bits per heavy atom. The van der Waals surface area contributed by atoms with Crippen molar-refractivity contribution >= 4 is 44.4 Å². The van der Waals surface area contributed by atoms with Crippen molar-refractivity contribution in [3.05, 3.63) is 53.6 Å². The van der Waals surface area contributed by atoms with Gasteiger partial charge in [0.05, 0.1) is 10.2 Å². The summed E-state index contributed by atoms with van der Waals surface area (Å²) in [5.41, 5.74) is 0.900. The molecule has 0 fully saturated rings. The van der Waals surface area contributed by atoms with Crippen LogP contribution in [-0.4, -0.2) is 49.2 Å². The van der Waals surface area contributed by atoms with E-state index in [1.165, 1.54) is 22.3 Å². The number of carbonyl (C=O) groups excluding carboxylic acids is 1. The number of carbonyl (C=O) groups is 1. The number of nitrogens with zero attached hydrogens (tertiary/aromatic N) is 3. The number of thioether (sulfide) groups is 1. The van der Waals surface area contributed by atoms with Crippen molar-refractivity contribution in [1.29, 1.82) is 0 Å². The lowest BCUT2D eigenvalue weighted by Gasteiger charge is -2.22. The number of fused-ring (bicyclic) bond motifs is 1. The van der Waals surface area contributed by atoms with Crippen LogP contribution in [0.2, 0.25) is 0 Å². The van der Waals surface area contributed by atoms with E-state index >= 15 is 0 Å². The van der Waals surface area contributed by atoms with E-state index in [1.54, 1.807) is 11.8 Å². The van der Waals surface area contributed by atoms with Gasteiger partial charge >= 0.3 is 0 Å². The van der Waals surface area contributed by atoms with Gasteiger partial charge in [0, 0.05) is 23.5 Å². The van der Waals surface area contributed by atoms with Crippen LogP contribution in [-0.2, 0) is 0 Å². The van der Waals surface area contributed by atoms with Gasteiger partial charge in [0.15, 0.2) is 16.8 Å². The monoisotopic (exact) mass is 407 g/mol. The first-order valence-corrected chi connectivity index (χ1v) is 10.3. The van der Waals surface area contributed by atoms with E-state index in [9.17, 15) is 13.6 Å². The van der Waals surface area contributed by atoms with Crippen LogP contribution < -0.4 is 4.90 Å². The SMILES string of the molecule is CSc1ccc2nc(N(CCN(C)C)C(=O)c3ccc(F)c(F)c3)sc2c1. The molecule has 27 heavy (non-hydrogen) atoms. The highest BCUT2D eigenvalue weighted by Crippen LogP contribution is 2.32. The molecule has 0 aliphatic rings. The Labute approximate surface area is 164 Å². The number of hydrogen-bond donors (Lipinski definition) is 0. The minimum atomic E-state index is -1.04. The summed E-state index contributed by atoms with van der Waals surface area (Å²) in [5, 5.41) is 0.542. The van der Waals surface area contributed by atoms with E-state index < -0.39 is 17.5 Å². The quantitative estimate of drug-likeness (QED) is 0.564. The van der Waals surface area contributed by atoms with E-state index in [0.717, 1.165) is 27.2 Å². The largest absolute Gasteiger partial charge is 0.308 e. The zero-order chi connectivity index (χ0) is 19.6. The average molecular weight is 408 g/mol. The lowest BCUT2D eigenvalue weighted by atomic mass is 10.2. The highest BCUT2D eigenvalue weighted by atomic mass is 32.2. The van der Waals surface area contributed by atoms with Gasteiger partial charge in [-0.1, -0.05) is 11.3 Å². The lowest BCUT2D eigenvalue weighted by Crippen LogP contribution is -2.36. The van der Waals surface area contributed by atoms with Crippen LogP contribution in [0.25, 0.3) is 10.2 Å². The summed E-state index contributed by atoms with van der Waals surface area (Å²) in [4.78, 5) is 22.2. The van der Waals surface area contributed by atoms with Crippen LogP contribution in [0.4, 0.5) is 13.9 Å². The standard InChI is InChI=1S/C19H19F2N3OS2/c1-23(2)8-9-24(18(25)12-4-6-14(20)15(21)10-12)19-22-16-7-5-13(26-3)11-17(16)27-19/h4-7,10-11H,8-9H2,1-3H3. The third-order valence-electron chi connectivity index (χ3n) is 4.00. The normalized spacial score (nSPS) is 11.3. The minimum absolute atomic E-state index is 0.0942. The second-order valence-electron chi connectivity index (χ2n) is 6.22. The average Bonchev–Trinajstić information content (AvgIpc) is 3.06. The number of thiazole rings is 1. The highest BCUT2D eigenvalue weighted by molar-refractivity contribution is 7.98. The lowest BCUT2D eigenvalue weighted by molar-refractivity contribution is 0.0984. The van der Waals surface area contributed by atoms with Crippen LogP contribution in [0.15, 0.2) is 41.3 Å². The Bertz CT molecular complexity index is 975. The van der Waals surface area contributed by atoms with Crippen molar-refractivity contribution in [3.63, 3.8) is 0 Å². The Hall–Kier alpha value is -2.03. The Kier molecular flexibility index (Phi) is 6.08. The maximum Gasteiger partial charge on any atom is 0.260 e. The van der Waals surface area contributed by atoms with Gasteiger partial charge in [-0.2, -0.15) is 0 Å². The van der Waals surface area contributed by atoms with Gasteiger partial charge in [-0.25, -0.2) is 13.8 Å². The van der Waals surface area contributed by atoms with Crippen molar-refractivity contribution in [2.45, 2.75) is 4.90 Å². The zero-order valence-electron chi connectivity index (χ0n) is 15.2. The Balaban J connectivity index is 1.99. The number of amides is 1. The summed E-state index contributed by atoms with van der Waals surface area (Å²) in [6.07, 6.45) is 2.00. The van der Waals surface area contributed by atoms with Gasteiger partial charge < -0.3 is 4.90 Å². The van der Waals surface area contributed by atoms with Crippen LogP contribution >= 0.6 is 23.1 Å². The number of hydrogen-bond acceptors (Lipinski definition) is 5. The molecule has 0 unspecified atom stereocenters. The minimum Gasteiger partial charge on any atom is -0.308 e. The van der Waals surface area contributed by atoms with Crippen LogP contribution in [0.3, 0.4) is 0 Å². The van der Waals surface area contributed by atoms with E-state index in [1.807, 2.05) is 43.5 Å². The molecule has 4 nitrogen and oxygen atoms in total. The van der Waals surface area contributed by atoms with Gasteiger partial charge in [0.2, 0.25) is 0 Å². The maximum absolute atomic E-state index is 13.6. The van der Waals surface area contributed by atoms with Gasteiger partial charge in [-0.15, -0.1) is 11.8 Å². The number of halogens is 2. The predicted octanol–water partition coefficient (Wildman–Crippen LogP) is 4.50. The topological polar surface area (TPSA) is 36.4 Å². The molecule has 0 bridgehead atoms. The van der Waals surface area contributed by atoms with Crippen LogP contribution in [0.5, 0.6) is 0 Å². The molecule has 142 valence electrons. The maximum atomic E-state index is 13.6. The molecular formula is C19H19F2N3OS2. The molecule has 0 spiro atoms. The predicted molar refractivity (Wildman–Crippen MR) is 108 cm³/mol. The van der Waals surface area contributed by atoms with Crippen molar-refractivity contribution in [1.82, 2.24) is 9.88 Å². The molecule has 0 atom stereocenters. The Morgan fingerprint density at radius 2 is 1.89 bits per heavy atom. The van der Waals surface area contributed by atoms with Crippen LogP contribution in [0, 0.1) is 11.6 Å². The molecule has 2 aromatic carbocycles. The zero-order valence-corrected chi connectivity index (χ0v) is 16.8. The molecule has 3 aromatic rings. The Morgan fingerprint density at radius 3 is 2.56 bits per heavy atom. The molecule has 1 heterocycles. The van der Waals surface area contributed by atoms with E-state index in [2.05, 4.69) is 4.98 Å². The smallest absolute Gasteiger partial charge is 0.260 e. The third kappa shape index (κ3) is 4.45. The van der Waals surface area contributed by atoms with Gasteiger partial charge in [-0.3, -0.25) is 9.69 Å². The van der Waals surface area contributed by atoms with Crippen molar-refractivity contribution in [2.24, 2.45) is 0 Å². The molecule has 1 amide bonds. The van der Waals surface area contributed by atoms with E-state index in [0.29, 0.717) is 18.2 Å². The first-order chi connectivity index (χ1) is 12.9. The first-order valence-electron chi connectivity index (χ1n) is 8.25. The number of aromatic nitrogens is 1. The molecule has 0 N–H and O–H groups in total. The van der Waals surface area contributed by atoms with E-state index in [-0.39, 0.29) is 5.56 Å². The van der Waals surface area contributed by atoms with Crippen molar-refractivity contribution in [2.75, 3.05) is 38.3 Å². The fraction of sp³-hybridized carbons (Fsp3) is 0.263. The second-order valence-corrected chi connectivity index (χ2v) is 8.11. The fourth-order valence-corrected chi connectivity index (χ4v) is 4.05. The molecule has 3 rings (SSSR count). The molecule has 0 aliphatic carbocycles. The summed E-state index contributed by atoms with van der Waals surface area (Å²) in [6, 6.07) is 9.14. The first kappa shape index (κ1) is 19.7. The third-order valence-corrected chi connectivity index (χ3v) is 5.76. The molecule has 8 heteroatoms. The van der Waals surface area contributed by atoms with E-state index in [4.69, 9.17) is 0 Å². The summed E-state index contributed by atoms with van der Waals surface area (Å²) in [7, 11) is 3.81. The molecule has 0 saturated carbocycles. The molecular weight excluding hydrogens is 388 g/mol. The number of benzene rings is 2. The van der Waals surface area contributed by atoms with Crippen molar-refractivity contribution < 1.29 is 13.6 Å². The number of rotatable bonds is 6. The summed E-state index contributed by atoms with van der Waals surface area (Å²) >= 11 is 3.05. The second kappa shape index (κ2) is 8.33. The molecule has 1 aromatic heterocycles. The van der Waals surface area contributed by atoms with Gasteiger partial charge in [0.25, 0.3) is 5.91 Å².